The monoisotopic (exact) mass is 920 g/mol. The Morgan fingerprint density at radius 1 is 0.709 bits per heavy atom. The van der Waals surface area contributed by atoms with Crippen molar-refractivity contribution >= 4 is 38.7 Å². The van der Waals surface area contributed by atoms with Crippen LogP contribution in [0.15, 0.2) is 120 Å². The Morgan fingerprint density at radius 2 is 1.36 bits per heavy atom. The topological polar surface area (TPSA) is 39.4 Å². The predicted molar refractivity (Wildman–Crippen MR) is 227 cm³/mol. The Labute approximate surface area is 344 Å². The quantitative estimate of drug-likeness (QED) is 0.150. The van der Waals surface area contributed by atoms with Crippen molar-refractivity contribution in [2.75, 3.05) is 5.75 Å². The Kier molecular flexibility index (Phi) is 10.8. The molecule has 0 saturated carbocycles. The maximum Gasteiger partial charge on any atom is 2.00 e. The van der Waals surface area contributed by atoms with Gasteiger partial charge in [0.15, 0.2) is 0 Å². The molecule has 1 aliphatic heterocycles. The maximum absolute atomic E-state index is 6.74. The molecule has 55 heavy (non-hydrogen) atoms. The summed E-state index contributed by atoms with van der Waals surface area (Å²) >= 11 is 1.81. The summed E-state index contributed by atoms with van der Waals surface area (Å²) in [6, 6.07) is 46.5. The van der Waals surface area contributed by atoms with Gasteiger partial charge in [-0.3, -0.25) is 0 Å². The van der Waals surface area contributed by atoms with Crippen molar-refractivity contribution in [3.05, 3.63) is 166 Å². The fourth-order valence-electron chi connectivity index (χ4n) is 7.48. The summed E-state index contributed by atoms with van der Waals surface area (Å²) in [4.78, 5) is 10.4. The van der Waals surface area contributed by atoms with Crippen LogP contribution in [0.5, 0.6) is 11.5 Å². The van der Waals surface area contributed by atoms with Gasteiger partial charge in [-0.2, -0.15) is 17.3 Å². The Balaban J connectivity index is 0.00000465. The first-order valence-corrected chi connectivity index (χ1v) is 19.8. The number of hydrogen-bond donors (Lipinski definition) is 0. The van der Waals surface area contributed by atoms with Crippen LogP contribution in [0.3, 0.4) is 0 Å². The van der Waals surface area contributed by atoms with Gasteiger partial charge in [0, 0.05) is 45.2 Å². The summed E-state index contributed by atoms with van der Waals surface area (Å²) in [5.41, 5.74) is 11.0. The van der Waals surface area contributed by atoms with Gasteiger partial charge in [-0.25, -0.2) is 4.98 Å². The smallest absolute Gasteiger partial charge is 0.503 e. The molecular formula is C49H47N3OPtS. The van der Waals surface area contributed by atoms with E-state index in [1.165, 1.54) is 27.6 Å². The average molecular weight is 921 g/mol. The van der Waals surface area contributed by atoms with E-state index in [0.29, 0.717) is 11.5 Å². The van der Waals surface area contributed by atoms with Crippen LogP contribution in [0, 0.1) is 26.0 Å². The zero-order valence-corrected chi connectivity index (χ0v) is 35.9. The van der Waals surface area contributed by atoms with Crippen LogP contribution in [0.1, 0.15) is 86.4 Å². The van der Waals surface area contributed by atoms with E-state index in [4.69, 9.17) is 14.7 Å². The number of benzene rings is 5. The van der Waals surface area contributed by atoms with E-state index in [2.05, 4.69) is 175 Å². The maximum atomic E-state index is 6.74. The van der Waals surface area contributed by atoms with Crippen molar-refractivity contribution < 1.29 is 25.8 Å². The minimum Gasteiger partial charge on any atom is -0.503 e. The Hall–Kier alpha value is -4.44. The van der Waals surface area contributed by atoms with E-state index in [1.807, 2.05) is 24.0 Å². The molecule has 0 radical (unpaired) electrons. The van der Waals surface area contributed by atoms with Crippen LogP contribution < -0.4 is 4.74 Å². The molecule has 0 amide bonds. The molecule has 4 nitrogen and oxygen atoms in total. The third kappa shape index (κ3) is 7.97. The summed E-state index contributed by atoms with van der Waals surface area (Å²) in [5.74, 6) is 2.36. The van der Waals surface area contributed by atoms with Gasteiger partial charge in [0.05, 0.1) is 11.6 Å². The van der Waals surface area contributed by atoms with Crippen molar-refractivity contribution in [1.29, 1.82) is 0 Å². The number of hydrogen-bond acceptors (Lipinski definition) is 4. The number of thioether (sulfide) groups is 1. The standard InChI is InChI=1S/C49H47N3OS.Pt/c1-31-21-38(52-44-20-19-36(48(3,4)5)27-41(44)42-23-32(2)29-50-46(42)52)28-39(22-31)53-40-25-35(24-37(26-40)49(6,7)8)47-51-43(30-54-47)45(33-15-11-9-12-16-33)34-17-13-10-14-18-34;/h9-24,26-27,29,43,45H,30H2,1-8H3;/q-2;+2/t43-;/m0./s1. The summed E-state index contributed by atoms with van der Waals surface area (Å²) in [6.45, 7) is 17.7. The van der Waals surface area contributed by atoms with E-state index >= 15 is 0 Å². The Morgan fingerprint density at radius 3 is 2.02 bits per heavy atom. The number of aliphatic imine (C=N–C) groups is 1. The molecule has 0 N–H and O–H groups in total. The summed E-state index contributed by atoms with van der Waals surface area (Å²) in [6.07, 6.45) is 1.94. The molecule has 8 rings (SSSR count). The molecule has 0 saturated heterocycles. The van der Waals surface area contributed by atoms with Crippen molar-refractivity contribution in [3.63, 3.8) is 0 Å². The van der Waals surface area contributed by atoms with Gasteiger partial charge in [-0.05, 0) is 58.2 Å². The van der Waals surface area contributed by atoms with E-state index in [9.17, 15) is 0 Å². The molecule has 0 unspecified atom stereocenters. The fourth-order valence-corrected chi connectivity index (χ4v) is 8.55. The molecule has 0 spiro atoms. The number of rotatable bonds is 7. The number of ether oxygens (including phenoxy) is 1. The van der Waals surface area contributed by atoms with Crippen LogP contribution in [0.2, 0.25) is 0 Å². The van der Waals surface area contributed by atoms with Gasteiger partial charge in [-0.15, -0.1) is 35.4 Å². The van der Waals surface area contributed by atoms with Crippen molar-refractivity contribution in [1.82, 2.24) is 9.55 Å². The summed E-state index contributed by atoms with van der Waals surface area (Å²) in [7, 11) is 0. The molecule has 0 aliphatic carbocycles. The van der Waals surface area contributed by atoms with Crippen LogP contribution in [0.25, 0.3) is 27.6 Å². The molecule has 1 atom stereocenters. The SMILES string of the molecule is Cc1cc(Oc2[c-]c(C3=N[C@H](C(c4ccccc4)c4ccccc4)CS3)cc(C(C)(C)C)c2)[c-]c(-n2c3ccc(C(C)(C)C)cc3c3cc(C)cnc32)c1.[Pt+2]. The molecule has 1 aliphatic rings. The average Bonchev–Trinajstić information content (AvgIpc) is 3.74. The van der Waals surface area contributed by atoms with Crippen molar-refractivity contribution in [3.8, 4) is 17.2 Å². The molecule has 0 fully saturated rings. The third-order valence-electron chi connectivity index (χ3n) is 10.4. The zero-order valence-electron chi connectivity index (χ0n) is 32.8. The van der Waals surface area contributed by atoms with E-state index in [0.717, 1.165) is 49.7 Å². The van der Waals surface area contributed by atoms with Crippen LogP contribution in [0.4, 0.5) is 0 Å². The molecule has 0 bridgehead atoms. The van der Waals surface area contributed by atoms with Crippen LogP contribution >= 0.6 is 11.8 Å². The van der Waals surface area contributed by atoms with Gasteiger partial charge >= 0.3 is 21.1 Å². The van der Waals surface area contributed by atoms with Gasteiger partial charge in [0.1, 0.15) is 5.65 Å². The van der Waals surface area contributed by atoms with Crippen LogP contribution in [-0.2, 0) is 31.9 Å². The number of nitrogens with zero attached hydrogens (tertiary/aromatic N) is 3. The second-order valence-corrected chi connectivity index (χ2v) is 17.7. The third-order valence-corrected chi connectivity index (χ3v) is 11.5. The normalized spacial score (nSPS) is 14.7. The molecular weight excluding hydrogens is 874 g/mol. The number of pyridine rings is 1. The molecule has 6 heteroatoms. The van der Waals surface area contributed by atoms with Gasteiger partial charge in [-0.1, -0.05) is 133 Å². The number of fused-ring (bicyclic) bond motifs is 3. The fraction of sp³-hybridized carbons (Fsp3) is 0.265. The molecule has 3 heterocycles. The molecule has 2 aromatic heterocycles. The zero-order chi connectivity index (χ0) is 37.8. The molecule has 5 aromatic carbocycles. The Bertz CT molecular complexity index is 2490. The minimum absolute atomic E-state index is 0. The van der Waals surface area contributed by atoms with Crippen LogP contribution in [-0.4, -0.2) is 26.4 Å². The summed E-state index contributed by atoms with van der Waals surface area (Å²) < 4.78 is 8.96. The minimum atomic E-state index is -0.109. The van der Waals surface area contributed by atoms with Crippen molar-refractivity contribution in [2.45, 2.75) is 78.2 Å². The largest absolute Gasteiger partial charge is 2.00 e. The summed E-state index contributed by atoms with van der Waals surface area (Å²) in [5, 5.41) is 3.33. The van der Waals surface area contributed by atoms with Gasteiger partial charge < -0.3 is 14.3 Å². The molecule has 280 valence electrons. The van der Waals surface area contributed by atoms with E-state index in [-0.39, 0.29) is 43.9 Å². The first-order valence-electron chi connectivity index (χ1n) is 18.8. The second-order valence-electron chi connectivity index (χ2n) is 16.7. The molecule has 7 aromatic rings. The number of aromatic nitrogens is 2. The first kappa shape index (κ1) is 38.8. The van der Waals surface area contributed by atoms with Crippen molar-refractivity contribution in [2.24, 2.45) is 4.99 Å². The predicted octanol–water partition coefficient (Wildman–Crippen LogP) is 12.5. The number of aryl methyl sites for hydroxylation is 2. The van der Waals surface area contributed by atoms with Gasteiger partial charge in [0.2, 0.25) is 0 Å². The second kappa shape index (κ2) is 15.2. The first-order chi connectivity index (χ1) is 25.8. The van der Waals surface area contributed by atoms with Gasteiger partial charge in [0.25, 0.3) is 0 Å². The van der Waals surface area contributed by atoms with E-state index < -0.39 is 0 Å². The van der Waals surface area contributed by atoms with E-state index in [1.54, 1.807) is 0 Å².